The number of hydrogen-bond acceptors (Lipinski definition) is 7. The minimum Gasteiger partial charge on any atom is -0.433 e. The fourth-order valence-corrected chi connectivity index (χ4v) is 6.14. The summed E-state index contributed by atoms with van der Waals surface area (Å²) in [7, 11) is -3.92. The van der Waals surface area contributed by atoms with Gasteiger partial charge in [-0.3, -0.25) is 9.52 Å². The molecule has 0 aliphatic heterocycles. The summed E-state index contributed by atoms with van der Waals surface area (Å²) in [6, 6.07) is 15.7. The van der Waals surface area contributed by atoms with Crippen LogP contribution >= 0.6 is 11.6 Å². The minimum atomic E-state index is -3.92. The molecule has 3 aromatic carbocycles. The zero-order valence-corrected chi connectivity index (χ0v) is 25.2. The molecule has 0 aliphatic rings. The molecule has 0 aliphatic carbocycles. The first kappa shape index (κ1) is 29.8. The maximum Gasteiger partial charge on any atom is 0.261 e. The Balaban J connectivity index is 1.26. The molecule has 10 nitrogen and oxygen atoms in total. The number of nitrogens with two attached hydrogens (primary N) is 1. The van der Waals surface area contributed by atoms with E-state index in [9.17, 15) is 22.0 Å². The maximum atomic E-state index is 14.0. The molecule has 0 bridgehead atoms. The second-order valence-corrected chi connectivity index (χ2v) is 12.3. The lowest BCUT2D eigenvalue weighted by molar-refractivity contribution is 0.103. The second-order valence-electron chi connectivity index (χ2n) is 10.1. The molecule has 0 radical (unpaired) electrons. The number of H-pyrrole nitrogens is 1. The number of aryl methyl sites for hydroxylation is 2. The van der Waals surface area contributed by atoms with Crippen molar-refractivity contribution in [2.75, 3.05) is 10.5 Å². The van der Waals surface area contributed by atoms with Crippen LogP contribution in [0.1, 0.15) is 27.2 Å². The third-order valence-electron chi connectivity index (χ3n) is 7.02. The largest absolute Gasteiger partial charge is 0.433 e. The number of ketones is 1. The molecule has 0 spiro atoms. The van der Waals surface area contributed by atoms with Gasteiger partial charge in [0.1, 0.15) is 5.82 Å². The first-order valence-electron chi connectivity index (χ1n) is 13.3. The Labute approximate surface area is 260 Å². The number of sulfonamides is 1. The summed E-state index contributed by atoms with van der Waals surface area (Å²) in [6.45, 7) is 3.44. The predicted octanol–water partition coefficient (Wildman–Crippen LogP) is 6.70. The van der Waals surface area contributed by atoms with Crippen molar-refractivity contribution in [3.63, 3.8) is 0 Å². The van der Waals surface area contributed by atoms with E-state index >= 15 is 0 Å². The Morgan fingerprint density at radius 3 is 2.44 bits per heavy atom. The Kier molecular flexibility index (Phi) is 7.51. The lowest BCUT2D eigenvalue weighted by Crippen LogP contribution is -2.13. The van der Waals surface area contributed by atoms with E-state index in [0.29, 0.717) is 33.4 Å². The highest BCUT2D eigenvalue weighted by atomic mass is 35.5. The Hall–Kier alpha value is -5.27. The van der Waals surface area contributed by atoms with Crippen LogP contribution < -0.4 is 15.2 Å². The number of aromatic nitrogens is 4. The number of ether oxygens (including phenoxy) is 1. The molecular weight excluding hydrogens is 626 g/mol. The predicted molar refractivity (Wildman–Crippen MR) is 166 cm³/mol. The van der Waals surface area contributed by atoms with Crippen molar-refractivity contribution >= 4 is 49.8 Å². The third-order valence-corrected chi connectivity index (χ3v) is 8.62. The number of carbonyl (C=O) groups is 1. The van der Waals surface area contributed by atoms with Crippen LogP contribution in [0.4, 0.5) is 20.3 Å². The molecule has 6 rings (SSSR count). The molecule has 3 aromatic heterocycles. The molecule has 4 N–H and O–H groups in total. The van der Waals surface area contributed by atoms with Crippen LogP contribution in [-0.2, 0) is 10.0 Å². The van der Waals surface area contributed by atoms with Gasteiger partial charge in [0.2, 0.25) is 17.4 Å². The summed E-state index contributed by atoms with van der Waals surface area (Å²) >= 11 is 5.97. The van der Waals surface area contributed by atoms with E-state index < -0.39 is 33.2 Å². The summed E-state index contributed by atoms with van der Waals surface area (Å²) in [5.41, 5.74) is 9.09. The summed E-state index contributed by atoms with van der Waals surface area (Å²) in [6.07, 6.45) is 2.68. The molecular formula is C31H23ClF2N6O4S. The highest BCUT2D eigenvalue weighted by Gasteiger charge is 2.22. The Bertz CT molecular complexity index is 2230. The summed E-state index contributed by atoms with van der Waals surface area (Å²) in [4.78, 5) is 20.7. The van der Waals surface area contributed by atoms with Crippen LogP contribution in [-0.4, -0.2) is 33.9 Å². The molecule has 0 amide bonds. The van der Waals surface area contributed by atoms with Gasteiger partial charge in [0.15, 0.2) is 11.6 Å². The van der Waals surface area contributed by atoms with Gasteiger partial charge >= 0.3 is 0 Å². The number of hydrogen-bond donors (Lipinski definition) is 3. The average molecular weight is 649 g/mol. The highest BCUT2D eigenvalue weighted by molar-refractivity contribution is 7.92. The number of aromatic amines is 1. The number of para-hydroxylation sites is 1. The Morgan fingerprint density at radius 2 is 1.73 bits per heavy atom. The van der Waals surface area contributed by atoms with Crippen molar-refractivity contribution in [1.82, 2.24) is 19.7 Å². The number of halogens is 3. The zero-order valence-electron chi connectivity index (χ0n) is 23.6. The van der Waals surface area contributed by atoms with Gasteiger partial charge in [-0.05, 0) is 73.5 Å². The number of carbonyl (C=O) groups excluding carboxylic acids is 1. The van der Waals surface area contributed by atoms with Crippen LogP contribution in [0.5, 0.6) is 11.6 Å². The van der Waals surface area contributed by atoms with Crippen molar-refractivity contribution in [3.8, 4) is 17.3 Å². The number of nitrogens with zero attached hydrogens (tertiary/aromatic N) is 3. The maximum absolute atomic E-state index is 14.0. The van der Waals surface area contributed by atoms with Crippen LogP contribution in [0, 0.1) is 25.5 Å². The molecule has 3 heterocycles. The Morgan fingerprint density at radius 1 is 1.00 bits per heavy atom. The van der Waals surface area contributed by atoms with Crippen LogP contribution in [0.15, 0.2) is 84.0 Å². The number of rotatable bonds is 8. The van der Waals surface area contributed by atoms with E-state index in [0.717, 1.165) is 12.1 Å². The number of nitrogens with one attached hydrogen (secondary N) is 2. The van der Waals surface area contributed by atoms with Gasteiger partial charge in [-0.1, -0.05) is 23.7 Å². The molecule has 228 valence electrons. The van der Waals surface area contributed by atoms with E-state index in [1.165, 1.54) is 41.3 Å². The minimum absolute atomic E-state index is 0.0101. The van der Waals surface area contributed by atoms with Gasteiger partial charge in [-0.25, -0.2) is 26.9 Å². The highest BCUT2D eigenvalue weighted by Crippen LogP contribution is 2.31. The van der Waals surface area contributed by atoms with Crippen molar-refractivity contribution in [3.05, 3.63) is 118 Å². The summed E-state index contributed by atoms with van der Waals surface area (Å²) < 4.78 is 63.1. The molecule has 45 heavy (non-hydrogen) atoms. The van der Waals surface area contributed by atoms with Gasteiger partial charge in [0, 0.05) is 22.0 Å². The summed E-state index contributed by atoms with van der Waals surface area (Å²) in [5, 5.41) is 5.22. The average Bonchev–Trinajstić information content (AvgIpc) is 3.58. The van der Waals surface area contributed by atoms with E-state index in [4.69, 9.17) is 22.1 Å². The quantitative estimate of drug-likeness (QED) is 0.156. The molecule has 14 heteroatoms. The molecule has 0 atom stereocenters. The van der Waals surface area contributed by atoms with Gasteiger partial charge in [-0.2, -0.15) is 5.10 Å². The molecule has 6 aromatic rings. The van der Waals surface area contributed by atoms with Gasteiger partial charge in [-0.15, -0.1) is 0 Å². The molecule has 0 unspecified atom stereocenters. The van der Waals surface area contributed by atoms with Crippen molar-refractivity contribution in [2.24, 2.45) is 0 Å². The van der Waals surface area contributed by atoms with Crippen LogP contribution in [0.2, 0.25) is 5.02 Å². The molecule has 0 saturated heterocycles. The fourth-order valence-electron chi connectivity index (χ4n) is 4.72. The van der Waals surface area contributed by atoms with Gasteiger partial charge < -0.3 is 15.5 Å². The van der Waals surface area contributed by atoms with Gasteiger partial charge in [0.05, 0.1) is 39.9 Å². The monoisotopic (exact) mass is 648 g/mol. The van der Waals surface area contributed by atoms with E-state index in [1.54, 1.807) is 44.2 Å². The van der Waals surface area contributed by atoms with Crippen LogP contribution in [0.25, 0.3) is 16.6 Å². The van der Waals surface area contributed by atoms with Gasteiger partial charge in [0.25, 0.3) is 10.0 Å². The fraction of sp³-hybridized carbons (Fsp3) is 0.0645. The third kappa shape index (κ3) is 5.70. The lowest BCUT2D eigenvalue weighted by atomic mass is 10.1. The first-order valence-corrected chi connectivity index (χ1v) is 15.2. The molecule has 0 fully saturated rings. The van der Waals surface area contributed by atoms with E-state index in [1.807, 2.05) is 0 Å². The zero-order chi connectivity index (χ0) is 32.0. The van der Waals surface area contributed by atoms with Crippen LogP contribution in [0.3, 0.4) is 0 Å². The van der Waals surface area contributed by atoms with Crippen molar-refractivity contribution in [1.29, 1.82) is 0 Å². The SMILES string of the molecule is Cc1cc2cc(C(=O)c3cnn(-c4cnc(Oc5c(F)cccc5F)cc4C)c3N)[nH]c2cc1NS(=O)(=O)c1cccc(Cl)c1. The van der Waals surface area contributed by atoms with Crippen molar-refractivity contribution in [2.45, 2.75) is 18.7 Å². The van der Waals surface area contributed by atoms with E-state index in [-0.39, 0.29) is 32.9 Å². The van der Waals surface area contributed by atoms with E-state index in [2.05, 4.69) is 19.8 Å². The molecule has 0 saturated carbocycles. The second kappa shape index (κ2) is 11.3. The number of anilines is 2. The smallest absolute Gasteiger partial charge is 0.261 e. The first-order chi connectivity index (χ1) is 21.4. The summed E-state index contributed by atoms with van der Waals surface area (Å²) in [5.74, 6) is -2.80. The standard InChI is InChI=1S/C31H23ClF2N6O4S/c1-16-9-18-11-26(38-25(18)13-24(16)39-45(42,43)20-6-3-5-19(32)12-20)29(41)21-14-37-40(31(21)35)27-15-36-28(10-17(27)2)44-30-22(33)7-4-8-23(30)34/h3-15,38-39H,35H2,1-2H3. The number of pyridine rings is 1. The lowest BCUT2D eigenvalue weighted by Gasteiger charge is -2.11. The number of benzene rings is 3. The number of nitrogen functional groups attached to an aromatic ring is 1. The van der Waals surface area contributed by atoms with Crippen molar-refractivity contribution < 1.29 is 26.7 Å². The topological polar surface area (TPSA) is 145 Å². The normalized spacial score (nSPS) is 11.6. The number of fused-ring (bicyclic) bond motifs is 1.